The number of benzene rings is 2. The summed E-state index contributed by atoms with van der Waals surface area (Å²) >= 11 is 1.40. The Morgan fingerprint density at radius 3 is 2.62 bits per heavy atom. The number of rotatable bonds is 9. The van der Waals surface area contributed by atoms with E-state index in [9.17, 15) is 9.18 Å². The maximum atomic E-state index is 13.3. The Hall–Kier alpha value is -2.81. The zero-order valence-electron chi connectivity index (χ0n) is 17.8. The predicted octanol–water partition coefficient (Wildman–Crippen LogP) is 4.08. The van der Waals surface area contributed by atoms with Gasteiger partial charge in [-0.3, -0.25) is 14.6 Å². The van der Waals surface area contributed by atoms with Crippen LogP contribution < -0.4 is 9.64 Å². The fraction of sp³-hybridized carbons (Fsp3) is 0.333. The number of para-hydroxylation sites is 1. The lowest BCUT2D eigenvalue weighted by Crippen LogP contribution is -2.40. The molecule has 1 fully saturated rings. The summed E-state index contributed by atoms with van der Waals surface area (Å²) in [5.74, 6) is 0.221. The zero-order valence-corrected chi connectivity index (χ0v) is 18.6. The molecule has 0 spiro atoms. The van der Waals surface area contributed by atoms with Crippen LogP contribution in [0.3, 0.4) is 0 Å². The number of aromatic nitrogens is 1. The van der Waals surface area contributed by atoms with Crippen molar-refractivity contribution < 1.29 is 18.7 Å². The third-order valence-electron chi connectivity index (χ3n) is 5.23. The molecule has 2 heterocycles. The van der Waals surface area contributed by atoms with Gasteiger partial charge in [-0.15, -0.1) is 11.3 Å². The molecule has 6 nitrogen and oxygen atoms in total. The van der Waals surface area contributed by atoms with Crippen LogP contribution in [0.1, 0.15) is 6.42 Å². The smallest absolute Gasteiger partial charge is 0.266 e. The molecular formula is C24H26FN3O3S. The van der Waals surface area contributed by atoms with E-state index in [1.165, 1.54) is 23.5 Å². The van der Waals surface area contributed by atoms with Crippen LogP contribution in [-0.2, 0) is 9.53 Å². The van der Waals surface area contributed by atoms with Gasteiger partial charge in [-0.1, -0.05) is 18.2 Å². The van der Waals surface area contributed by atoms with Crippen LogP contribution in [0.5, 0.6) is 5.75 Å². The number of anilines is 1. The number of amides is 1. The van der Waals surface area contributed by atoms with Crippen LogP contribution in [0.25, 0.3) is 11.3 Å². The highest BCUT2D eigenvalue weighted by Gasteiger charge is 2.21. The second-order valence-corrected chi connectivity index (χ2v) is 8.31. The Labute approximate surface area is 191 Å². The number of ether oxygens (including phenoxy) is 2. The fourth-order valence-corrected chi connectivity index (χ4v) is 4.36. The van der Waals surface area contributed by atoms with Crippen LogP contribution in [-0.4, -0.2) is 61.8 Å². The highest BCUT2D eigenvalue weighted by molar-refractivity contribution is 7.14. The highest BCUT2D eigenvalue weighted by Crippen LogP contribution is 2.28. The molecule has 2 aromatic carbocycles. The number of nitrogens with zero attached hydrogens (tertiary/aromatic N) is 3. The summed E-state index contributed by atoms with van der Waals surface area (Å²) in [5, 5.41) is 2.51. The number of thiazole rings is 1. The summed E-state index contributed by atoms with van der Waals surface area (Å²) in [7, 11) is 0. The third kappa shape index (κ3) is 6.12. The van der Waals surface area contributed by atoms with Crippen LogP contribution in [0.2, 0.25) is 0 Å². The average molecular weight is 456 g/mol. The summed E-state index contributed by atoms with van der Waals surface area (Å²) in [6.45, 7) is 4.71. The fourth-order valence-electron chi connectivity index (χ4n) is 3.49. The number of carbonyl (C=O) groups excluding carboxylic acids is 1. The molecule has 0 atom stereocenters. The molecule has 32 heavy (non-hydrogen) atoms. The second kappa shape index (κ2) is 11.2. The van der Waals surface area contributed by atoms with Gasteiger partial charge in [0, 0.05) is 37.1 Å². The van der Waals surface area contributed by atoms with E-state index >= 15 is 0 Å². The van der Waals surface area contributed by atoms with Crippen molar-refractivity contribution in [2.24, 2.45) is 0 Å². The molecular weight excluding hydrogens is 429 g/mol. The van der Waals surface area contributed by atoms with E-state index in [4.69, 9.17) is 9.47 Å². The van der Waals surface area contributed by atoms with Crippen LogP contribution in [0.15, 0.2) is 60.0 Å². The lowest BCUT2D eigenvalue weighted by Gasteiger charge is -2.27. The molecule has 0 N–H and O–H groups in total. The number of halogens is 1. The zero-order chi connectivity index (χ0) is 22.2. The molecule has 3 aromatic rings. The lowest BCUT2D eigenvalue weighted by atomic mass is 10.2. The first-order valence-electron chi connectivity index (χ1n) is 10.7. The standard InChI is InChI=1S/C24H26FN3O3S/c25-20-9-7-19(8-10-20)22-18-32-24(26-22)28(12-4-11-27-13-15-30-16-14-27)23(29)17-31-21-5-2-1-3-6-21/h1-3,5-10,18H,4,11-17H2. The van der Waals surface area contributed by atoms with E-state index in [0.717, 1.165) is 50.5 Å². The molecule has 0 bridgehead atoms. The van der Waals surface area contributed by atoms with E-state index in [0.29, 0.717) is 17.4 Å². The molecule has 0 aliphatic carbocycles. The van der Waals surface area contributed by atoms with Gasteiger partial charge >= 0.3 is 0 Å². The first-order valence-corrected chi connectivity index (χ1v) is 11.6. The third-order valence-corrected chi connectivity index (χ3v) is 6.09. The normalized spacial score (nSPS) is 14.3. The van der Waals surface area contributed by atoms with Gasteiger partial charge in [0.25, 0.3) is 5.91 Å². The minimum Gasteiger partial charge on any atom is -0.484 e. The highest BCUT2D eigenvalue weighted by atomic mass is 32.1. The number of morpholine rings is 1. The van der Waals surface area contributed by atoms with Gasteiger partial charge in [-0.25, -0.2) is 9.37 Å². The predicted molar refractivity (Wildman–Crippen MR) is 124 cm³/mol. The Bertz CT molecular complexity index is 991. The summed E-state index contributed by atoms with van der Waals surface area (Å²) < 4.78 is 24.4. The van der Waals surface area contributed by atoms with Crippen LogP contribution >= 0.6 is 11.3 Å². The summed E-state index contributed by atoms with van der Waals surface area (Å²) in [5.41, 5.74) is 1.54. The van der Waals surface area contributed by atoms with E-state index < -0.39 is 0 Å². The minimum absolute atomic E-state index is 0.0625. The summed E-state index contributed by atoms with van der Waals surface area (Å²) in [6, 6.07) is 15.5. The van der Waals surface area contributed by atoms with Gasteiger partial charge in [0.05, 0.1) is 18.9 Å². The molecule has 4 rings (SSSR count). The molecule has 1 aromatic heterocycles. The van der Waals surface area contributed by atoms with Gasteiger partial charge in [0.1, 0.15) is 11.6 Å². The van der Waals surface area contributed by atoms with Crippen LogP contribution in [0.4, 0.5) is 9.52 Å². The van der Waals surface area contributed by atoms with Crippen LogP contribution in [0, 0.1) is 5.82 Å². The average Bonchev–Trinajstić information content (AvgIpc) is 3.32. The van der Waals surface area contributed by atoms with Crippen molar-refractivity contribution in [1.82, 2.24) is 9.88 Å². The molecule has 0 unspecified atom stereocenters. The first-order chi connectivity index (χ1) is 15.7. The molecule has 1 saturated heterocycles. The van der Waals surface area contributed by atoms with Gasteiger partial charge in [-0.05, 0) is 42.8 Å². The van der Waals surface area contributed by atoms with Crippen molar-refractivity contribution in [3.8, 4) is 17.0 Å². The van der Waals surface area contributed by atoms with Crippen molar-refractivity contribution in [2.45, 2.75) is 6.42 Å². The van der Waals surface area contributed by atoms with Crippen molar-refractivity contribution in [3.05, 3.63) is 65.8 Å². The van der Waals surface area contributed by atoms with Gasteiger partial charge < -0.3 is 9.47 Å². The largest absolute Gasteiger partial charge is 0.484 e. The maximum Gasteiger partial charge on any atom is 0.266 e. The summed E-state index contributed by atoms with van der Waals surface area (Å²) in [4.78, 5) is 21.8. The molecule has 1 amide bonds. The molecule has 0 radical (unpaired) electrons. The summed E-state index contributed by atoms with van der Waals surface area (Å²) in [6.07, 6.45) is 0.822. The number of hydrogen-bond acceptors (Lipinski definition) is 6. The first kappa shape index (κ1) is 22.4. The van der Waals surface area contributed by atoms with E-state index in [-0.39, 0.29) is 18.3 Å². The Balaban J connectivity index is 1.44. The maximum absolute atomic E-state index is 13.3. The molecule has 1 aliphatic rings. The molecule has 168 valence electrons. The Morgan fingerprint density at radius 1 is 1.12 bits per heavy atom. The van der Waals surface area contributed by atoms with Gasteiger partial charge in [-0.2, -0.15) is 0 Å². The molecule has 1 aliphatic heterocycles. The molecule has 0 saturated carbocycles. The van der Waals surface area contributed by atoms with Gasteiger partial charge in [0.15, 0.2) is 11.7 Å². The number of carbonyl (C=O) groups is 1. The van der Waals surface area contributed by atoms with Crippen molar-refractivity contribution in [3.63, 3.8) is 0 Å². The topological polar surface area (TPSA) is 54.9 Å². The SMILES string of the molecule is O=C(COc1ccccc1)N(CCCN1CCOCC1)c1nc(-c2ccc(F)cc2)cs1. The van der Waals surface area contributed by atoms with Crippen molar-refractivity contribution >= 4 is 22.4 Å². The monoisotopic (exact) mass is 455 g/mol. The van der Waals surface area contributed by atoms with Crippen molar-refractivity contribution in [1.29, 1.82) is 0 Å². The second-order valence-electron chi connectivity index (χ2n) is 7.48. The van der Waals surface area contributed by atoms with E-state index in [2.05, 4.69) is 9.88 Å². The van der Waals surface area contributed by atoms with Crippen molar-refractivity contribution in [2.75, 3.05) is 50.9 Å². The minimum atomic E-state index is -0.290. The lowest BCUT2D eigenvalue weighted by molar-refractivity contribution is -0.120. The Kier molecular flexibility index (Phi) is 7.82. The molecule has 8 heteroatoms. The Morgan fingerprint density at radius 2 is 1.88 bits per heavy atom. The van der Waals surface area contributed by atoms with E-state index in [1.54, 1.807) is 17.0 Å². The van der Waals surface area contributed by atoms with Gasteiger partial charge in [0.2, 0.25) is 0 Å². The quantitative estimate of drug-likeness (QED) is 0.487. The van der Waals surface area contributed by atoms with E-state index in [1.807, 2.05) is 35.7 Å². The number of hydrogen-bond donors (Lipinski definition) is 0.